The molecule has 12 rings (SSSR count). The average molecular weight is 1700 g/mol. The third-order valence-corrected chi connectivity index (χ3v) is 23.5. The van der Waals surface area contributed by atoms with Crippen LogP contribution < -0.4 is 18.9 Å². The van der Waals surface area contributed by atoms with Crippen LogP contribution in [0.2, 0.25) is 0 Å². The van der Waals surface area contributed by atoms with Crippen molar-refractivity contribution in [1.82, 2.24) is 0 Å². The normalized spacial score (nSPS) is 21.4. The van der Waals surface area contributed by atoms with Gasteiger partial charge in [0.25, 0.3) is 0 Å². The van der Waals surface area contributed by atoms with Gasteiger partial charge in [-0.3, -0.25) is 0 Å². The highest BCUT2D eigenvalue weighted by molar-refractivity contribution is 7.94. The lowest BCUT2D eigenvalue weighted by Crippen LogP contribution is -2.24. The van der Waals surface area contributed by atoms with E-state index in [1.54, 1.807) is 0 Å². The molecule has 0 heterocycles. The van der Waals surface area contributed by atoms with Gasteiger partial charge in [0, 0.05) is 93.8 Å². The summed E-state index contributed by atoms with van der Waals surface area (Å²) in [6, 6.07) is 19.7. The molecule has 0 fully saturated rings. The number of nitriles is 4. The first-order valence-electron chi connectivity index (χ1n) is 31.4. The molecule has 4 aliphatic rings. The maximum absolute atomic E-state index is 14.6. The number of rotatable bonds is 12. The predicted molar refractivity (Wildman–Crippen MR) is 373 cm³/mol. The van der Waals surface area contributed by atoms with Gasteiger partial charge in [-0.1, -0.05) is 0 Å². The number of aliphatic hydroxyl groups excluding tert-OH is 4. The Morgan fingerprint density at radius 2 is 0.509 bits per heavy atom. The van der Waals surface area contributed by atoms with Gasteiger partial charge in [-0.2, -0.15) is 56.2 Å². The highest BCUT2D eigenvalue weighted by atomic mass is 32.2. The minimum Gasteiger partial charge on any atom is -0.458 e. The topological polar surface area (TPSA) is 348 Å². The van der Waals surface area contributed by atoms with E-state index >= 15 is 0 Å². The van der Waals surface area contributed by atoms with E-state index in [9.17, 15) is 108 Å². The van der Waals surface area contributed by atoms with Gasteiger partial charge in [0.1, 0.15) is 93.7 Å². The molecule has 24 nitrogen and oxygen atoms in total. The first-order valence-corrected chi connectivity index (χ1v) is 39.1. The molecule has 0 bridgehead atoms. The molecule has 0 spiro atoms. The summed E-state index contributed by atoms with van der Waals surface area (Å²) >= 11 is 0. The quantitative estimate of drug-likeness (QED) is 0.0501. The van der Waals surface area contributed by atoms with Crippen LogP contribution in [0.3, 0.4) is 0 Å². The molecule has 8 aromatic rings. The third-order valence-electron chi connectivity index (χ3n) is 17.1. The Balaban J connectivity index is 0.000000177. The Bertz CT molecular complexity index is 5600. The van der Waals surface area contributed by atoms with Crippen molar-refractivity contribution in [3.8, 4) is 70.8 Å². The molecule has 0 aliphatic heterocycles. The van der Waals surface area contributed by atoms with Crippen molar-refractivity contribution < 1.29 is 126 Å². The van der Waals surface area contributed by atoms with E-state index in [0.717, 1.165) is 146 Å². The number of fused-ring (bicyclic) bond motifs is 4. The Labute approximate surface area is 646 Å². The number of benzene rings is 8. The molecule has 4 aliphatic carbocycles. The molecule has 0 aromatic heterocycles. The summed E-state index contributed by atoms with van der Waals surface area (Å²) in [4.78, 5) is 10.4. The van der Waals surface area contributed by atoms with Gasteiger partial charge in [0.2, 0.25) is 24.8 Å². The standard InChI is InChI=1S/4C18H11F4N3O3S/c4*1-24-10-5-9(19)6-11(7-10)28-12-3-4-13(29(2,27)25-8-23)15-14(12)16(20)18(21,22)17(15)26/h4*3-7,16-17,26H,2H3/t2*16-,17+,29?;2*16-,17-,29?/m1111/s1. The molecule has 0 amide bonds. The smallest absolute Gasteiger partial charge is 0.312 e. The summed E-state index contributed by atoms with van der Waals surface area (Å²) in [7, 11) is -14.2. The molecule has 0 saturated heterocycles. The zero-order chi connectivity index (χ0) is 86.2. The number of aliphatic hydroxyl groups is 4. The highest BCUT2D eigenvalue weighted by Crippen LogP contribution is 2.62. The number of halogens is 16. The van der Waals surface area contributed by atoms with Gasteiger partial charge >= 0.3 is 23.7 Å². The van der Waals surface area contributed by atoms with Crippen molar-refractivity contribution >= 4 is 61.7 Å². The second kappa shape index (κ2) is 32.7. The fourth-order valence-electron chi connectivity index (χ4n) is 12.0. The molecule has 0 saturated carbocycles. The van der Waals surface area contributed by atoms with Crippen molar-refractivity contribution in [3.63, 3.8) is 0 Å². The Kier molecular flexibility index (Phi) is 24.6. The van der Waals surface area contributed by atoms with Crippen LogP contribution in [0.1, 0.15) is 93.6 Å². The number of alkyl halides is 12. The molecule has 44 heteroatoms. The lowest BCUT2D eigenvalue weighted by Gasteiger charge is -2.16. The molecule has 0 radical (unpaired) electrons. The SMILES string of the molecule is [C-]#[N+]c1cc(F)cc(Oc2ccc(S(C)(=O)=NC#N)c3c2[C@@H](F)C(F)(F)[C@@H]3O)c1.[C-]#[N+]c1cc(F)cc(Oc2ccc(S(C)(=O)=NC#N)c3c2[C@@H](F)C(F)(F)[C@@H]3O)c1.[C-]#[N+]c1cc(F)cc(Oc2ccc(S(C)(=O)=NC#N)c3c2[C@@H](F)C(F)(F)[C@H]3O)c1.[C-]#[N+]c1cc(F)cc(Oc2ccc(S(C)(=O)=NC#N)c3c2[C@@H](F)C(F)(F)[C@H]3O)c1. The van der Waals surface area contributed by atoms with E-state index in [2.05, 4.69) is 36.8 Å². The third kappa shape index (κ3) is 16.7. The summed E-state index contributed by atoms with van der Waals surface area (Å²) < 4.78 is 311. The number of ether oxygens (including phenoxy) is 4. The molecular weight excluding hydrogens is 1660 g/mol. The molecule has 600 valence electrons. The van der Waals surface area contributed by atoms with E-state index in [-0.39, 0.29) is 45.7 Å². The van der Waals surface area contributed by atoms with Gasteiger partial charge in [0.15, 0.2) is 47.4 Å². The van der Waals surface area contributed by atoms with Crippen LogP contribution in [0.5, 0.6) is 46.0 Å². The van der Waals surface area contributed by atoms with Gasteiger partial charge in [-0.15, -0.1) is 17.5 Å². The summed E-state index contributed by atoms with van der Waals surface area (Å²) in [5, 5.41) is 74.8. The zero-order valence-corrected chi connectivity index (χ0v) is 61.5. The van der Waals surface area contributed by atoms with E-state index in [1.165, 1.54) is 24.8 Å². The van der Waals surface area contributed by atoms with E-state index < -0.39 is 222 Å². The van der Waals surface area contributed by atoms with Crippen LogP contribution in [0.4, 0.5) is 93.0 Å². The zero-order valence-electron chi connectivity index (χ0n) is 58.3. The fourth-order valence-corrected chi connectivity index (χ4v) is 16.8. The molecule has 4 N–H and O–H groups in total. The second-order valence-corrected chi connectivity index (χ2v) is 33.6. The van der Waals surface area contributed by atoms with Crippen LogP contribution in [0, 0.1) is 95.4 Å². The lowest BCUT2D eigenvalue weighted by atomic mass is 10.1. The largest absolute Gasteiger partial charge is 0.458 e. The summed E-state index contributed by atoms with van der Waals surface area (Å²) in [6.45, 7) is 27.7. The maximum Gasteiger partial charge on any atom is 0.312 e. The fraction of sp³-hybridized carbons (Fsp3) is 0.222. The minimum absolute atomic E-state index is 0.139. The van der Waals surface area contributed by atoms with Crippen LogP contribution in [0.15, 0.2) is 158 Å². The molecule has 12 atom stereocenters. The second-order valence-electron chi connectivity index (χ2n) is 24.7. The van der Waals surface area contributed by atoms with Gasteiger partial charge in [-0.25, -0.2) is 71.3 Å². The van der Waals surface area contributed by atoms with E-state index in [4.69, 9.17) is 66.3 Å². The number of hydrogen-bond acceptors (Lipinski definition) is 20. The van der Waals surface area contributed by atoms with Gasteiger partial charge in [-0.05, 0) is 97.1 Å². The highest BCUT2D eigenvalue weighted by Gasteiger charge is 2.62. The number of nitrogens with zero attached hydrogens (tertiary/aromatic N) is 12. The minimum atomic E-state index is -4.26. The molecule has 116 heavy (non-hydrogen) atoms. The Morgan fingerprint density at radius 3 is 0.664 bits per heavy atom. The summed E-state index contributed by atoms with van der Waals surface area (Å²) in [5.74, 6) is -23.4. The lowest BCUT2D eigenvalue weighted by molar-refractivity contribution is -0.144. The van der Waals surface area contributed by atoms with Crippen molar-refractivity contribution in [3.05, 3.63) is 235 Å². The molecular formula is C72H44F16N12O12S4. The first kappa shape index (κ1) is 87.4. The van der Waals surface area contributed by atoms with Crippen molar-refractivity contribution in [2.75, 3.05) is 25.0 Å². The van der Waals surface area contributed by atoms with Gasteiger partial charge in [0.05, 0.1) is 84.8 Å². The number of hydrogen-bond donors (Lipinski definition) is 4. The van der Waals surface area contributed by atoms with E-state index in [1.807, 2.05) is 0 Å². The Morgan fingerprint density at radius 1 is 0.336 bits per heavy atom. The van der Waals surface area contributed by atoms with Crippen LogP contribution in [-0.4, -0.2) is 86.0 Å². The average Bonchev–Trinajstić information content (AvgIpc) is 1.64. The molecule has 4 unspecified atom stereocenters. The summed E-state index contributed by atoms with van der Waals surface area (Å²) in [6.07, 6.45) is -13.6. The first-order chi connectivity index (χ1) is 54.1. The van der Waals surface area contributed by atoms with Crippen LogP contribution >= 0.6 is 0 Å². The van der Waals surface area contributed by atoms with Crippen molar-refractivity contribution in [1.29, 1.82) is 21.0 Å². The van der Waals surface area contributed by atoms with Crippen LogP contribution in [-0.2, 0) is 38.9 Å². The van der Waals surface area contributed by atoms with E-state index in [0.29, 0.717) is 0 Å². The summed E-state index contributed by atoms with van der Waals surface area (Å²) in [5.41, 5.74) is -6.48. The maximum atomic E-state index is 14.6. The van der Waals surface area contributed by atoms with Gasteiger partial charge < -0.3 is 39.4 Å². The predicted octanol–water partition coefficient (Wildman–Crippen LogP) is 19.2. The van der Waals surface area contributed by atoms with Crippen molar-refractivity contribution in [2.45, 2.75) is 92.4 Å². The Hall–Kier alpha value is -12.6. The van der Waals surface area contributed by atoms with Crippen molar-refractivity contribution in [2.24, 2.45) is 17.5 Å². The van der Waals surface area contributed by atoms with Crippen LogP contribution in [0.25, 0.3) is 19.4 Å². The monoisotopic (exact) mass is 1700 g/mol. The molecule has 8 aromatic carbocycles.